The molecule has 1 aromatic carbocycles. The van der Waals surface area contributed by atoms with E-state index in [2.05, 4.69) is 20.5 Å². The fourth-order valence-corrected chi connectivity index (χ4v) is 3.66. The predicted octanol–water partition coefficient (Wildman–Crippen LogP) is 3.32. The zero-order valence-electron chi connectivity index (χ0n) is 16.6. The Balaban J connectivity index is 1.50. The summed E-state index contributed by atoms with van der Waals surface area (Å²) in [5.74, 6) is 0.0643. The highest BCUT2D eigenvalue weighted by molar-refractivity contribution is 5.94. The van der Waals surface area contributed by atoms with Gasteiger partial charge in [0.1, 0.15) is 11.6 Å². The number of nitrogens with zero attached hydrogens (tertiary/aromatic N) is 3. The van der Waals surface area contributed by atoms with E-state index in [0.717, 1.165) is 25.0 Å². The van der Waals surface area contributed by atoms with Gasteiger partial charge in [0.2, 0.25) is 11.8 Å². The smallest absolute Gasteiger partial charge is 0.248 e. The van der Waals surface area contributed by atoms with Gasteiger partial charge in [-0.3, -0.25) is 4.79 Å². The van der Waals surface area contributed by atoms with Crippen molar-refractivity contribution in [2.45, 2.75) is 24.7 Å². The molecule has 3 aromatic rings. The highest BCUT2D eigenvalue weighted by Crippen LogP contribution is 2.43. The summed E-state index contributed by atoms with van der Waals surface area (Å²) in [6.07, 6.45) is 3.19. The number of carbonyl (C=O) groups is 1. The number of anilines is 1. The molecule has 1 amide bonds. The number of ether oxygens (including phenoxy) is 1. The Morgan fingerprint density at radius 2 is 2.03 bits per heavy atom. The van der Waals surface area contributed by atoms with E-state index in [9.17, 15) is 9.18 Å². The van der Waals surface area contributed by atoms with Crippen LogP contribution in [0.1, 0.15) is 35.3 Å². The zero-order chi connectivity index (χ0) is 21.1. The lowest BCUT2D eigenvalue weighted by atomic mass is 9.66. The van der Waals surface area contributed by atoms with Crippen molar-refractivity contribution in [3.8, 4) is 17.1 Å². The molecule has 1 aliphatic carbocycles. The number of nitrogens with two attached hydrogens (primary N) is 1. The summed E-state index contributed by atoms with van der Waals surface area (Å²) in [4.78, 5) is 16.0. The lowest BCUT2D eigenvalue weighted by Crippen LogP contribution is -2.41. The normalized spacial score (nSPS) is 14.6. The third kappa shape index (κ3) is 3.80. The molecular weight excluding hydrogens is 385 g/mol. The molecule has 1 aliphatic rings. The van der Waals surface area contributed by atoms with Crippen LogP contribution in [-0.4, -0.2) is 34.7 Å². The first-order valence-corrected chi connectivity index (χ1v) is 9.70. The van der Waals surface area contributed by atoms with Crippen LogP contribution in [0.5, 0.6) is 5.88 Å². The van der Waals surface area contributed by atoms with E-state index >= 15 is 0 Å². The van der Waals surface area contributed by atoms with Gasteiger partial charge in [-0.25, -0.2) is 9.37 Å². The number of primary amides is 1. The monoisotopic (exact) mass is 407 g/mol. The van der Waals surface area contributed by atoms with Crippen molar-refractivity contribution in [1.82, 2.24) is 15.2 Å². The van der Waals surface area contributed by atoms with Crippen LogP contribution in [-0.2, 0) is 5.41 Å². The molecule has 2 aromatic heterocycles. The Morgan fingerprint density at radius 3 is 2.67 bits per heavy atom. The topological polar surface area (TPSA) is 103 Å². The second-order valence-electron chi connectivity index (χ2n) is 7.42. The molecule has 1 saturated carbocycles. The molecule has 4 rings (SSSR count). The molecular formula is C22H22FN5O2. The summed E-state index contributed by atoms with van der Waals surface area (Å²) < 4.78 is 19.4. The van der Waals surface area contributed by atoms with Crippen LogP contribution in [0.4, 0.5) is 10.2 Å². The fraction of sp³-hybridized carbons (Fsp3) is 0.273. The van der Waals surface area contributed by atoms with Crippen molar-refractivity contribution in [3.05, 3.63) is 65.6 Å². The number of hydrogen-bond donors (Lipinski definition) is 2. The molecule has 7 nitrogen and oxygen atoms in total. The Bertz CT molecular complexity index is 1070. The Labute approximate surface area is 173 Å². The van der Waals surface area contributed by atoms with Crippen LogP contribution in [0.2, 0.25) is 0 Å². The molecule has 0 atom stereocenters. The molecule has 2 heterocycles. The van der Waals surface area contributed by atoms with Crippen LogP contribution in [0.25, 0.3) is 11.3 Å². The maximum absolute atomic E-state index is 14.2. The fourth-order valence-electron chi connectivity index (χ4n) is 3.66. The first kappa shape index (κ1) is 19.8. The van der Waals surface area contributed by atoms with Crippen molar-refractivity contribution in [2.24, 2.45) is 5.73 Å². The third-order valence-electron chi connectivity index (χ3n) is 5.59. The van der Waals surface area contributed by atoms with Gasteiger partial charge in [0, 0.05) is 29.2 Å². The summed E-state index contributed by atoms with van der Waals surface area (Å²) in [7, 11) is 1.61. The van der Waals surface area contributed by atoms with E-state index in [-0.39, 0.29) is 16.5 Å². The molecule has 0 aliphatic heterocycles. The Hall–Kier alpha value is -3.55. The van der Waals surface area contributed by atoms with E-state index in [0.29, 0.717) is 23.9 Å². The number of pyridine rings is 1. The van der Waals surface area contributed by atoms with Crippen LogP contribution >= 0.6 is 0 Å². The van der Waals surface area contributed by atoms with E-state index in [1.807, 2.05) is 18.2 Å². The highest BCUT2D eigenvalue weighted by Gasteiger charge is 2.40. The summed E-state index contributed by atoms with van der Waals surface area (Å²) in [5.41, 5.74) is 6.93. The lowest BCUT2D eigenvalue weighted by Gasteiger charge is -2.41. The van der Waals surface area contributed by atoms with Crippen molar-refractivity contribution in [2.75, 3.05) is 19.0 Å². The van der Waals surface area contributed by atoms with Gasteiger partial charge in [0.25, 0.3) is 0 Å². The number of halogens is 1. The van der Waals surface area contributed by atoms with Gasteiger partial charge in [-0.15, -0.1) is 10.2 Å². The van der Waals surface area contributed by atoms with E-state index in [4.69, 9.17) is 10.5 Å². The maximum Gasteiger partial charge on any atom is 0.248 e. The van der Waals surface area contributed by atoms with Crippen molar-refractivity contribution in [3.63, 3.8) is 0 Å². The SMILES string of the molecule is COc1cccc(C2(CNc3ccc(-c4cc(C(N)=O)ccc4F)nn3)CCC2)n1. The molecule has 0 radical (unpaired) electrons. The number of rotatable bonds is 7. The Kier molecular flexibility index (Phi) is 5.31. The Morgan fingerprint density at radius 1 is 1.20 bits per heavy atom. The quantitative estimate of drug-likeness (QED) is 0.623. The molecule has 0 unspecified atom stereocenters. The summed E-state index contributed by atoms with van der Waals surface area (Å²) in [6, 6.07) is 13.1. The average molecular weight is 407 g/mol. The minimum absolute atomic E-state index is 0.0726. The first-order valence-electron chi connectivity index (χ1n) is 9.70. The minimum atomic E-state index is -0.626. The van der Waals surface area contributed by atoms with Gasteiger partial charge >= 0.3 is 0 Å². The second-order valence-corrected chi connectivity index (χ2v) is 7.42. The summed E-state index contributed by atoms with van der Waals surface area (Å²) >= 11 is 0. The molecule has 154 valence electrons. The van der Waals surface area contributed by atoms with E-state index in [1.54, 1.807) is 19.2 Å². The number of aromatic nitrogens is 3. The molecule has 0 spiro atoms. The van der Waals surface area contributed by atoms with Crippen LogP contribution in [0, 0.1) is 5.82 Å². The van der Waals surface area contributed by atoms with Gasteiger partial charge in [-0.2, -0.15) is 0 Å². The first-order chi connectivity index (χ1) is 14.5. The standard InChI is InChI=1S/C22H22FN5O2/c1-30-20-5-2-4-18(26-20)22(10-3-11-22)13-25-19-9-8-17(27-28-19)15-12-14(21(24)29)6-7-16(15)23/h2,4-9,12H,3,10-11,13H2,1H3,(H2,24,29)(H,25,28). The van der Waals surface area contributed by atoms with Crippen molar-refractivity contribution in [1.29, 1.82) is 0 Å². The number of hydrogen-bond acceptors (Lipinski definition) is 6. The predicted molar refractivity (Wildman–Crippen MR) is 111 cm³/mol. The number of methoxy groups -OCH3 is 1. The second kappa shape index (κ2) is 8.06. The number of nitrogens with one attached hydrogen (secondary N) is 1. The third-order valence-corrected chi connectivity index (χ3v) is 5.59. The lowest BCUT2D eigenvalue weighted by molar-refractivity contribution is 0.100. The largest absolute Gasteiger partial charge is 0.481 e. The van der Waals surface area contributed by atoms with Gasteiger partial charge in [0.05, 0.1) is 18.5 Å². The van der Waals surface area contributed by atoms with Crippen LogP contribution in [0.3, 0.4) is 0 Å². The van der Waals surface area contributed by atoms with Crippen LogP contribution in [0.15, 0.2) is 48.5 Å². The number of carbonyl (C=O) groups excluding carboxylic acids is 1. The molecule has 1 fully saturated rings. The van der Waals surface area contributed by atoms with Crippen LogP contribution < -0.4 is 15.8 Å². The molecule has 8 heteroatoms. The van der Waals surface area contributed by atoms with Gasteiger partial charge < -0.3 is 15.8 Å². The molecule has 0 bridgehead atoms. The van der Waals surface area contributed by atoms with E-state index < -0.39 is 11.7 Å². The summed E-state index contributed by atoms with van der Waals surface area (Å²) in [5, 5.41) is 11.6. The molecule has 0 saturated heterocycles. The molecule has 30 heavy (non-hydrogen) atoms. The number of benzene rings is 1. The van der Waals surface area contributed by atoms with Crippen molar-refractivity contribution >= 4 is 11.7 Å². The minimum Gasteiger partial charge on any atom is -0.481 e. The van der Waals surface area contributed by atoms with Gasteiger partial charge in [0.15, 0.2) is 0 Å². The number of amides is 1. The van der Waals surface area contributed by atoms with Gasteiger partial charge in [-0.05, 0) is 49.2 Å². The maximum atomic E-state index is 14.2. The summed E-state index contributed by atoms with van der Waals surface area (Å²) in [6.45, 7) is 0.659. The zero-order valence-corrected chi connectivity index (χ0v) is 16.6. The van der Waals surface area contributed by atoms with Gasteiger partial charge in [-0.1, -0.05) is 12.5 Å². The van der Waals surface area contributed by atoms with Crippen molar-refractivity contribution < 1.29 is 13.9 Å². The molecule has 3 N–H and O–H groups in total. The average Bonchev–Trinajstić information content (AvgIpc) is 2.74. The van der Waals surface area contributed by atoms with E-state index in [1.165, 1.54) is 18.2 Å². The highest BCUT2D eigenvalue weighted by atomic mass is 19.1.